The summed E-state index contributed by atoms with van der Waals surface area (Å²) in [6, 6.07) is 5.05. The van der Waals surface area contributed by atoms with Crippen molar-refractivity contribution in [2.45, 2.75) is 0 Å². The van der Waals surface area contributed by atoms with Gasteiger partial charge in [0.2, 0.25) is 0 Å². The number of nitriles is 1. The van der Waals surface area contributed by atoms with Crippen molar-refractivity contribution in [1.82, 2.24) is 14.6 Å². The first-order chi connectivity index (χ1) is 5.83. The average Bonchev–Trinajstić information content (AvgIpc) is 2.54. The van der Waals surface area contributed by atoms with Crippen molar-refractivity contribution in [3.63, 3.8) is 0 Å². The summed E-state index contributed by atoms with van der Waals surface area (Å²) in [6.07, 6.45) is 1.55. The number of aromatic nitrogens is 3. The van der Waals surface area contributed by atoms with E-state index in [0.717, 1.165) is 0 Å². The molecule has 0 N–H and O–H groups in total. The van der Waals surface area contributed by atoms with Crippen LogP contribution in [0, 0.1) is 11.3 Å². The molecule has 2 aromatic heterocycles. The van der Waals surface area contributed by atoms with Crippen LogP contribution in [0.5, 0.6) is 0 Å². The van der Waals surface area contributed by atoms with E-state index in [1.807, 2.05) is 6.07 Å². The van der Waals surface area contributed by atoms with Gasteiger partial charge in [0.1, 0.15) is 12.4 Å². The van der Waals surface area contributed by atoms with Crippen LogP contribution >= 0.6 is 0 Å². The minimum absolute atomic E-state index is 0.224. The van der Waals surface area contributed by atoms with Crippen LogP contribution in [-0.2, 0) is 0 Å². The molecule has 0 aliphatic heterocycles. The minimum Gasteiger partial charge on any atom is -0.220 e. The summed E-state index contributed by atoms with van der Waals surface area (Å²) in [7, 11) is 0. The molecule has 0 fully saturated rings. The molecule has 4 heteroatoms. The molecule has 2 aromatic rings. The number of nitrogens with zero attached hydrogens (tertiary/aromatic N) is 4. The fourth-order valence-corrected chi connectivity index (χ4v) is 0.873. The average molecular weight is 145 g/mol. The predicted molar refractivity (Wildman–Crippen MR) is 37.7 cm³/mol. The molecule has 0 aliphatic carbocycles. The van der Waals surface area contributed by atoms with E-state index >= 15 is 0 Å². The predicted octanol–water partition coefficient (Wildman–Crippen LogP) is 0.601. The van der Waals surface area contributed by atoms with Crippen LogP contribution in [-0.4, -0.2) is 14.6 Å². The molecule has 0 aromatic carbocycles. The maximum atomic E-state index is 8.65. The molecule has 4 nitrogen and oxygen atoms in total. The fraction of sp³-hybridized carbons (Fsp3) is 0. The number of rotatable bonds is 0. The van der Waals surface area contributed by atoms with E-state index in [9.17, 15) is 0 Å². The van der Waals surface area contributed by atoms with Gasteiger partial charge in [-0.2, -0.15) is 10.4 Å². The Morgan fingerprint density at radius 3 is 3.45 bits per heavy atom. The second-order valence-corrected chi connectivity index (χ2v) is 1.98. The van der Waals surface area contributed by atoms with Crippen molar-refractivity contribution in [2.75, 3.05) is 0 Å². The Kier molecular flexibility index (Phi) is 0.909. The van der Waals surface area contributed by atoms with Crippen LogP contribution < -0.4 is 0 Å². The number of hydrogen-bond donors (Lipinski definition) is 0. The molecule has 0 radical (unpaired) electrons. The molecule has 2 heterocycles. The molecular weight excluding hydrogens is 140 g/mol. The maximum absolute atomic E-state index is 8.65. The first kappa shape index (κ1) is 4.85. The second kappa shape index (κ2) is 2.06. The standard InChI is InChI=1S/C7H4N4/c8-4-6-2-1-3-11-7(6)9-5-10-11/h1-3,5H/i3D. The molecule has 0 aliphatic rings. The summed E-state index contributed by atoms with van der Waals surface area (Å²) in [5.74, 6) is 0. The summed E-state index contributed by atoms with van der Waals surface area (Å²) in [4.78, 5) is 3.86. The lowest BCUT2D eigenvalue weighted by atomic mass is 10.3. The SMILES string of the molecule is [2H]c1ccc(C#N)c2ncnn12. The molecule has 11 heavy (non-hydrogen) atoms. The number of pyridine rings is 1. The summed E-state index contributed by atoms with van der Waals surface area (Å²) < 4.78 is 8.72. The third-order valence-electron chi connectivity index (χ3n) is 1.36. The van der Waals surface area contributed by atoms with Gasteiger partial charge in [-0.25, -0.2) is 9.50 Å². The van der Waals surface area contributed by atoms with Gasteiger partial charge >= 0.3 is 0 Å². The largest absolute Gasteiger partial charge is 0.220 e. The van der Waals surface area contributed by atoms with Gasteiger partial charge in [-0.1, -0.05) is 0 Å². The highest BCUT2D eigenvalue weighted by Gasteiger charge is 1.99. The van der Waals surface area contributed by atoms with Crippen LogP contribution in [0.2, 0.25) is 0 Å². The topological polar surface area (TPSA) is 54.0 Å². The van der Waals surface area contributed by atoms with Crippen LogP contribution in [0.4, 0.5) is 0 Å². The molecule has 52 valence electrons. The number of fused-ring (bicyclic) bond motifs is 1. The summed E-state index contributed by atoms with van der Waals surface area (Å²) >= 11 is 0. The van der Waals surface area contributed by atoms with E-state index in [-0.39, 0.29) is 6.17 Å². The molecule has 0 saturated heterocycles. The lowest BCUT2D eigenvalue weighted by molar-refractivity contribution is 0.959. The van der Waals surface area contributed by atoms with Gasteiger partial charge in [0, 0.05) is 6.17 Å². The van der Waals surface area contributed by atoms with Gasteiger partial charge in [0.25, 0.3) is 0 Å². The van der Waals surface area contributed by atoms with E-state index in [0.29, 0.717) is 11.2 Å². The normalized spacial score (nSPS) is 11.0. The Morgan fingerprint density at radius 2 is 2.64 bits per heavy atom. The molecular formula is C7H4N4. The quantitative estimate of drug-likeness (QED) is 0.545. The van der Waals surface area contributed by atoms with Crippen molar-refractivity contribution in [3.05, 3.63) is 30.2 Å². The highest BCUT2D eigenvalue weighted by atomic mass is 15.3. The highest BCUT2D eigenvalue weighted by molar-refractivity contribution is 5.53. The molecule has 0 unspecified atom stereocenters. The zero-order valence-electron chi connectivity index (χ0n) is 6.52. The summed E-state index contributed by atoms with van der Waals surface area (Å²) in [5, 5.41) is 12.4. The minimum atomic E-state index is 0.224. The van der Waals surface area contributed by atoms with Gasteiger partial charge in [0.05, 0.1) is 6.93 Å². The van der Waals surface area contributed by atoms with Gasteiger partial charge in [-0.15, -0.1) is 0 Å². The van der Waals surface area contributed by atoms with Gasteiger partial charge in [0.15, 0.2) is 5.65 Å². The van der Waals surface area contributed by atoms with Crippen molar-refractivity contribution >= 4 is 5.65 Å². The molecule has 0 saturated carbocycles. The van der Waals surface area contributed by atoms with Crippen molar-refractivity contribution < 1.29 is 1.37 Å². The van der Waals surface area contributed by atoms with Gasteiger partial charge in [-0.05, 0) is 12.1 Å². The lowest BCUT2D eigenvalue weighted by Crippen LogP contribution is -1.88. The van der Waals surface area contributed by atoms with Gasteiger partial charge < -0.3 is 0 Å². The Morgan fingerprint density at radius 1 is 1.73 bits per heavy atom. The zero-order chi connectivity index (χ0) is 8.55. The summed E-state index contributed by atoms with van der Waals surface area (Å²) in [5.41, 5.74) is 0.869. The van der Waals surface area contributed by atoms with E-state index in [2.05, 4.69) is 10.1 Å². The van der Waals surface area contributed by atoms with Crippen LogP contribution in [0.1, 0.15) is 6.93 Å². The van der Waals surface area contributed by atoms with E-state index in [1.165, 1.54) is 16.9 Å². The first-order valence-corrected chi connectivity index (χ1v) is 3.02. The van der Waals surface area contributed by atoms with E-state index in [4.69, 9.17) is 6.63 Å². The third kappa shape index (κ3) is 0.749. The number of hydrogen-bond acceptors (Lipinski definition) is 3. The second-order valence-electron chi connectivity index (χ2n) is 1.98. The maximum Gasteiger partial charge on any atom is 0.172 e. The fourth-order valence-electron chi connectivity index (χ4n) is 0.873. The van der Waals surface area contributed by atoms with E-state index < -0.39 is 0 Å². The van der Waals surface area contributed by atoms with Crippen molar-refractivity contribution in [3.8, 4) is 6.07 Å². The third-order valence-corrected chi connectivity index (χ3v) is 1.36. The Hall–Kier alpha value is -1.89. The molecule has 0 spiro atoms. The molecule has 2 rings (SSSR count). The smallest absolute Gasteiger partial charge is 0.172 e. The van der Waals surface area contributed by atoms with Crippen LogP contribution in [0.3, 0.4) is 0 Å². The van der Waals surface area contributed by atoms with Gasteiger partial charge in [-0.3, -0.25) is 0 Å². The highest BCUT2D eigenvalue weighted by Crippen LogP contribution is 2.03. The van der Waals surface area contributed by atoms with Crippen LogP contribution in [0.15, 0.2) is 24.6 Å². The Bertz CT molecular complexity index is 468. The Balaban J connectivity index is 2.94. The molecule has 0 bridgehead atoms. The zero-order valence-corrected chi connectivity index (χ0v) is 5.52. The monoisotopic (exact) mass is 145 g/mol. The summed E-state index contributed by atoms with van der Waals surface area (Å²) in [6.45, 7) is 0. The molecule has 0 atom stereocenters. The lowest BCUT2D eigenvalue weighted by Gasteiger charge is -1.90. The first-order valence-electron chi connectivity index (χ1n) is 3.52. The van der Waals surface area contributed by atoms with Crippen LogP contribution in [0.25, 0.3) is 5.65 Å². The molecule has 0 amide bonds. The van der Waals surface area contributed by atoms with Crippen molar-refractivity contribution in [1.29, 1.82) is 5.26 Å². The van der Waals surface area contributed by atoms with E-state index in [1.54, 1.807) is 6.07 Å². The Labute approximate surface area is 64.1 Å². The van der Waals surface area contributed by atoms with Crippen molar-refractivity contribution in [2.24, 2.45) is 0 Å².